The van der Waals surface area contributed by atoms with Gasteiger partial charge in [-0.1, -0.05) is 11.6 Å². The molecule has 8 nitrogen and oxygen atoms in total. The lowest BCUT2D eigenvalue weighted by Crippen LogP contribution is -2.21. The van der Waals surface area contributed by atoms with Crippen LogP contribution >= 0.6 is 11.6 Å². The molecule has 0 aliphatic heterocycles. The second-order valence-corrected chi connectivity index (χ2v) is 5.19. The summed E-state index contributed by atoms with van der Waals surface area (Å²) in [4.78, 5) is 33.6. The van der Waals surface area contributed by atoms with Gasteiger partial charge in [0.1, 0.15) is 5.82 Å². The van der Waals surface area contributed by atoms with E-state index in [4.69, 9.17) is 22.1 Å². The number of nitrogen functional groups attached to an aromatic ring is 1. The highest BCUT2D eigenvalue weighted by Crippen LogP contribution is 2.21. The van der Waals surface area contributed by atoms with Gasteiger partial charge in [-0.2, -0.15) is 0 Å². The number of hydrogen-bond donors (Lipinski definition) is 2. The number of ether oxygens (including phenoxy) is 1. The molecule has 0 saturated heterocycles. The van der Waals surface area contributed by atoms with Gasteiger partial charge < -0.3 is 15.8 Å². The number of nitro benzene ring substituents is 1. The number of nitrogens with one attached hydrogen (secondary N) is 1. The Balaban J connectivity index is 1.96. The van der Waals surface area contributed by atoms with Crippen molar-refractivity contribution in [3.63, 3.8) is 0 Å². The highest BCUT2D eigenvalue weighted by atomic mass is 35.5. The minimum atomic E-state index is -0.917. The average Bonchev–Trinajstić information content (AvgIpc) is 2.56. The van der Waals surface area contributed by atoms with E-state index in [0.717, 1.165) is 24.3 Å². The average molecular weight is 368 g/mol. The van der Waals surface area contributed by atoms with E-state index >= 15 is 0 Å². The minimum Gasteiger partial charge on any atom is -0.452 e. The topological polar surface area (TPSA) is 125 Å². The summed E-state index contributed by atoms with van der Waals surface area (Å²) in [5, 5.41) is 12.8. The lowest BCUT2D eigenvalue weighted by Gasteiger charge is -2.08. The third-order valence-electron chi connectivity index (χ3n) is 3.00. The van der Waals surface area contributed by atoms with Crippen LogP contribution in [0.2, 0.25) is 5.02 Å². The number of nitrogens with zero attached hydrogens (tertiary/aromatic N) is 1. The summed E-state index contributed by atoms with van der Waals surface area (Å²) < 4.78 is 17.8. The predicted molar refractivity (Wildman–Crippen MR) is 87.8 cm³/mol. The van der Waals surface area contributed by atoms with E-state index in [0.29, 0.717) is 0 Å². The van der Waals surface area contributed by atoms with Gasteiger partial charge in [0, 0.05) is 17.8 Å². The van der Waals surface area contributed by atoms with Gasteiger partial charge in [0.25, 0.3) is 11.6 Å². The number of halogens is 2. The van der Waals surface area contributed by atoms with Crippen molar-refractivity contribution < 1.29 is 23.6 Å². The lowest BCUT2D eigenvalue weighted by atomic mass is 10.1. The fraction of sp³-hybridized carbons (Fsp3) is 0.0667. The van der Waals surface area contributed by atoms with E-state index in [9.17, 15) is 24.1 Å². The largest absolute Gasteiger partial charge is 0.452 e. The van der Waals surface area contributed by atoms with Crippen LogP contribution < -0.4 is 11.1 Å². The number of anilines is 2. The van der Waals surface area contributed by atoms with Crippen LogP contribution in [0.3, 0.4) is 0 Å². The van der Waals surface area contributed by atoms with Crippen molar-refractivity contribution in [1.29, 1.82) is 0 Å². The molecule has 0 bridgehead atoms. The predicted octanol–water partition coefficient (Wildman–Crippen LogP) is 2.77. The van der Waals surface area contributed by atoms with Gasteiger partial charge in [-0.15, -0.1) is 0 Å². The SMILES string of the molecule is Nc1cc([N+](=O)[O-])ccc1C(=O)OCC(=O)Nc1ccc(F)c(Cl)c1. The summed E-state index contributed by atoms with van der Waals surface area (Å²) in [7, 11) is 0. The van der Waals surface area contributed by atoms with Crippen molar-refractivity contribution in [1.82, 2.24) is 0 Å². The summed E-state index contributed by atoms with van der Waals surface area (Å²) in [6, 6.07) is 6.79. The molecule has 130 valence electrons. The summed E-state index contributed by atoms with van der Waals surface area (Å²) in [6.07, 6.45) is 0. The maximum Gasteiger partial charge on any atom is 0.340 e. The Hall–Kier alpha value is -3.20. The first-order valence-electron chi connectivity index (χ1n) is 6.74. The van der Waals surface area contributed by atoms with E-state index in [-0.39, 0.29) is 27.6 Å². The van der Waals surface area contributed by atoms with E-state index in [1.807, 2.05) is 0 Å². The maximum atomic E-state index is 13.0. The molecule has 2 aromatic carbocycles. The fourth-order valence-electron chi connectivity index (χ4n) is 1.83. The Morgan fingerprint density at radius 2 is 2.00 bits per heavy atom. The summed E-state index contributed by atoms with van der Waals surface area (Å²) in [5.74, 6) is -2.24. The number of benzene rings is 2. The van der Waals surface area contributed by atoms with Crippen molar-refractivity contribution in [3.05, 3.63) is 62.9 Å². The first-order valence-corrected chi connectivity index (χ1v) is 7.11. The Morgan fingerprint density at radius 1 is 1.28 bits per heavy atom. The molecular weight excluding hydrogens is 357 g/mol. The van der Waals surface area contributed by atoms with Gasteiger partial charge in [0.15, 0.2) is 6.61 Å². The number of nitro groups is 1. The van der Waals surface area contributed by atoms with E-state index in [2.05, 4.69) is 5.32 Å². The molecule has 0 aliphatic carbocycles. The summed E-state index contributed by atoms with van der Waals surface area (Å²) in [5.41, 5.74) is 5.26. The van der Waals surface area contributed by atoms with Gasteiger partial charge in [-0.3, -0.25) is 14.9 Å². The van der Waals surface area contributed by atoms with Crippen molar-refractivity contribution in [2.75, 3.05) is 17.7 Å². The fourth-order valence-corrected chi connectivity index (χ4v) is 2.01. The number of amides is 1. The molecule has 2 aromatic rings. The number of carbonyl (C=O) groups is 2. The quantitative estimate of drug-likeness (QED) is 0.362. The monoisotopic (exact) mass is 367 g/mol. The smallest absolute Gasteiger partial charge is 0.340 e. The Bertz CT molecular complexity index is 859. The maximum absolute atomic E-state index is 13.0. The molecule has 10 heteroatoms. The van der Waals surface area contributed by atoms with Gasteiger partial charge in [-0.05, 0) is 24.3 Å². The van der Waals surface area contributed by atoms with Crippen molar-refractivity contribution in [3.8, 4) is 0 Å². The van der Waals surface area contributed by atoms with Crippen molar-refractivity contribution >= 4 is 40.5 Å². The Morgan fingerprint density at radius 3 is 2.60 bits per heavy atom. The zero-order chi connectivity index (χ0) is 18.6. The molecule has 1 amide bonds. The van der Waals surface area contributed by atoms with Crippen LogP contribution in [0, 0.1) is 15.9 Å². The number of esters is 1. The zero-order valence-corrected chi connectivity index (χ0v) is 13.2. The first kappa shape index (κ1) is 18.1. The summed E-state index contributed by atoms with van der Waals surface area (Å²) >= 11 is 5.58. The molecule has 0 fully saturated rings. The third-order valence-corrected chi connectivity index (χ3v) is 3.29. The molecule has 0 atom stereocenters. The normalized spacial score (nSPS) is 10.2. The number of carbonyl (C=O) groups excluding carboxylic acids is 2. The molecule has 0 heterocycles. The molecule has 25 heavy (non-hydrogen) atoms. The van der Waals surface area contributed by atoms with Crippen LogP contribution in [0.4, 0.5) is 21.5 Å². The molecule has 0 unspecified atom stereocenters. The molecule has 2 rings (SSSR count). The van der Waals surface area contributed by atoms with E-state index in [1.165, 1.54) is 12.1 Å². The number of rotatable bonds is 5. The van der Waals surface area contributed by atoms with Gasteiger partial charge in [-0.25, -0.2) is 9.18 Å². The van der Waals surface area contributed by atoms with Crippen LogP contribution in [-0.2, 0) is 9.53 Å². The van der Waals surface area contributed by atoms with E-state index in [1.54, 1.807) is 0 Å². The van der Waals surface area contributed by atoms with Crippen LogP contribution in [0.1, 0.15) is 10.4 Å². The van der Waals surface area contributed by atoms with E-state index < -0.39 is 29.2 Å². The van der Waals surface area contributed by atoms with Crippen LogP contribution in [0.25, 0.3) is 0 Å². The molecular formula is C15H11ClFN3O5. The molecule has 0 aromatic heterocycles. The number of nitrogens with two attached hydrogens (primary N) is 1. The van der Waals surface area contributed by atoms with Crippen molar-refractivity contribution in [2.45, 2.75) is 0 Å². The molecule has 0 spiro atoms. The third kappa shape index (κ3) is 4.64. The van der Waals surface area contributed by atoms with Crippen LogP contribution in [-0.4, -0.2) is 23.4 Å². The lowest BCUT2D eigenvalue weighted by molar-refractivity contribution is -0.384. The second kappa shape index (κ2) is 7.58. The number of non-ortho nitro benzene ring substituents is 1. The highest BCUT2D eigenvalue weighted by Gasteiger charge is 2.16. The van der Waals surface area contributed by atoms with Crippen LogP contribution in [0.5, 0.6) is 0 Å². The molecule has 3 N–H and O–H groups in total. The molecule has 0 saturated carbocycles. The van der Waals surface area contributed by atoms with Gasteiger partial charge in [0.2, 0.25) is 0 Å². The highest BCUT2D eigenvalue weighted by molar-refractivity contribution is 6.31. The standard InChI is InChI=1S/C15H11ClFN3O5/c16-11-5-8(1-4-12(11)17)19-14(21)7-25-15(22)10-3-2-9(20(23)24)6-13(10)18/h1-6H,7,18H2,(H,19,21). The second-order valence-electron chi connectivity index (χ2n) is 4.78. The Labute approximate surface area is 145 Å². The van der Waals surface area contributed by atoms with Gasteiger partial charge >= 0.3 is 5.97 Å². The van der Waals surface area contributed by atoms with Crippen LogP contribution in [0.15, 0.2) is 36.4 Å². The molecule has 0 radical (unpaired) electrons. The number of hydrogen-bond acceptors (Lipinski definition) is 6. The summed E-state index contributed by atoms with van der Waals surface area (Å²) in [6.45, 7) is -0.635. The van der Waals surface area contributed by atoms with Crippen molar-refractivity contribution in [2.24, 2.45) is 0 Å². The Kier molecular flexibility index (Phi) is 5.50. The first-order chi connectivity index (χ1) is 11.8. The molecule has 0 aliphatic rings. The zero-order valence-electron chi connectivity index (χ0n) is 12.5. The van der Waals surface area contributed by atoms with Gasteiger partial charge in [0.05, 0.1) is 21.2 Å². The minimum absolute atomic E-state index is 0.108.